The van der Waals surface area contributed by atoms with Crippen LogP contribution in [0.4, 0.5) is 11.7 Å². The van der Waals surface area contributed by atoms with Crippen molar-refractivity contribution in [1.82, 2.24) is 24.3 Å². The number of hydrogen-bond acceptors (Lipinski definition) is 6. The molecule has 36 heavy (non-hydrogen) atoms. The molecule has 8 nitrogen and oxygen atoms in total. The highest BCUT2D eigenvalue weighted by Crippen LogP contribution is 2.33. The van der Waals surface area contributed by atoms with Crippen LogP contribution >= 0.6 is 11.6 Å². The third kappa shape index (κ3) is 4.23. The fraction of sp³-hybridized carbons (Fsp3) is 0.111. The predicted molar refractivity (Wildman–Crippen MR) is 140 cm³/mol. The van der Waals surface area contributed by atoms with Crippen molar-refractivity contribution in [3.05, 3.63) is 112 Å². The Morgan fingerprint density at radius 2 is 1.78 bits per heavy atom. The second kappa shape index (κ2) is 8.98. The summed E-state index contributed by atoms with van der Waals surface area (Å²) in [6.45, 7) is 1.11. The van der Waals surface area contributed by atoms with Crippen molar-refractivity contribution < 1.29 is 4.42 Å². The summed E-state index contributed by atoms with van der Waals surface area (Å²) < 4.78 is 9.55. The van der Waals surface area contributed by atoms with Crippen LogP contribution in [0.1, 0.15) is 11.1 Å². The summed E-state index contributed by atoms with van der Waals surface area (Å²) in [6.07, 6.45) is 5.24. The van der Waals surface area contributed by atoms with E-state index < -0.39 is 0 Å². The monoisotopic (exact) mass is 496 g/mol. The fourth-order valence-electron chi connectivity index (χ4n) is 4.21. The van der Waals surface area contributed by atoms with Crippen LogP contribution in [0, 0.1) is 0 Å². The van der Waals surface area contributed by atoms with Gasteiger partial charge in [-0.25, -0.2) is 9.97 Å². The Balaban J connectivity index is 1.24. The van der Waals surface area contributed by atoms with Crippen molar-refractivity contribution in [2.75, 3.05) is 11.9 Å². The minimum absolute atomic E-state index is 0.0156. The lowest BCUT2D eigenvalue weighted by atomic mass is 10.1. The Morgan fingerprint density at radius 3 is 2.58 bits per heavy atom. The van der Waals surface area contributed by atoms with E-state index in [9.17, 15) is 4.79 Å². The molecule has 0 aliphatic carbocycles. The highest BCUT2D eigenvalue weighted by atomic mass is 35.5. The number of anilines is 2. The SMILES string of the molecule is CN(c1cc2ccc(Cl)cc2o1)c1ncnc2nn(Cc3ccc(Cn4ccccc4=O)cc3)cc12. The highest BCUT2D eigenvalue weighted by Gasteiger charge is 2.17. The van der Waals surface area contributed by atoms with Crippen molar-refractivity contribution in [1.29, 1.82) is 0 Å². The lowest BCUT2D eigenvalue weighted by molar-refractivity contribution is 0.615. The summed E-state index contributed by atoms with van der Waals surface area (Å²) in [5.41, 5.74) is 3.44. The molecule has 178 valence electrons. The predicted octanol–water partition coefficient (Wildman–Crippen LogP) is 5.25. The molecule has 0 saturated heterocycles. The van der Waals surface area contributed by atoms with E-state index in [0.29, 0.717) is 41.0 Å². The fourth-order valence-corrected chi connectivity index (χ4v) is 4.37. The number of fused-ring (bicyclic) bond motifs is 2. The number of aromatic nitrogens is 5. The molecule has 2 aromatic carbocycles. The quantitative estimate of drug-likeness (QED) is 0.313. The summed E-state index contributed by atoms with van der Waals surface area (Å²) in [4.78, 5) is 22.7. The van der Waals surface area contributed by atoms with Gasteiger partial charge in [-0.2, -0.15) is 5.10 Å². The molecular formula is C27H21ClN6O2. The third-order valence-corrected chi connectivity index (χ3v) is 6.32. The number of pyridine rings is 1. The van der Waals surface area contributed by atoms with Crippen LogP contribution in [0.2, 0.25) is 5.02 Å². The number of benzene rings is 2. The van der Waals surface area contributed by atoms with Gasteiger partial charge in [0.25, 0.3) is 5.56 Å². The molecule has 0 spiro atoms. The average molecular weight is 497 g/mol. The van der Waals surface area contributed by atoms with E-state index in [1.54, 1.807) is 29.0 Å². The van der Waals surface area contributed by atoms with Gasteiger partial charge in [-0.15, -0.1) is 0 Å². The van der Waals surface area contributed by atoms with Crippen LogP contribution in [0.25, 0.3) is 22.0 Å². The zero-order chi connectivity index (χ0) is 24.6. The Hall–Kier alpha value is -4.43. The van der Waals surface area contributed by atoms with Gasteiger partial charge in [-0.3, -0.25) is 14.4 Å². The van der Waals surface area contributed by atoms with Gasteiger partial charge in [0.2, 0.25) is 5.88 Å². The van der Waals surface area contributed by atoms with Gasteiger partial charge >= 0.3 is 0 Å². The van der Waals surface area contributed by atoms with Gasteiger partial charge in [0.05, 0.1) is 18.5 Å². The Bertz CT molecular complexity index is 1750. The van der Waals surface area contributed by atoms with Crippen LogP contribution in [-0.2, 0) is 13.1 Å². The van der Waals surface area contributed by atoms with Gasteiger partial charge in [-0.05, 0) is 29.3 Å². The minimum atomic E-state index is -0.0156. The number of nitrogens with zero attached hydrogens (tertiary/aromatic N) is 6. The number of hydrogen-bond donors (Lipinski definition) is 0. The van der Waals surface area contributed by atoms with Crippen molar-refractivity contribution in [2.45, 2.75) is 13.1 Å². The van der Waals surface area contributed by atoms with E-state index in [2.05, 4.69) is 15.1 Å². The Morgan fingerprint density at radius 1 is 0.972 bits per heavy atom. The van der Waals surface area contributed by atoms with Crippen molar-refractivity contribution in [3.63, 3.8) is 0 Å². The maximum atomic E-state index is 12.0. The molecule has 0 atom stereocenters. The van der Waals surface area contributed by atoms with Gasteiger partial charge in [0.1, 0.15) is 17.7 Å². The van der Waals surface area contributed by atoms with E-state index in [1.165, 1.54) is 6.33 Å². The standard InChI is InChI=1S/C27H21ClN6O2/c1-32(25-12-20-9-10-21(28)13-23(20)36-25)27-22-16-34(31-26(22)29-17-30-27)15-19-7-5-18(6-8-19)14-33-11-3-2-4-24(33)35/h2-13,16-17H,14-15H2,1H3. The molecule has 0 bridgehead atoms. The lowest BCUT2D eigenvalue weighted by Crippen LogP contribution is -2.18. The highest BCUT2D eigenvalue weighted by molar-refractivity contribution is 6.31. The van der Waals surface area contributed by atoms with E-state index in [4.69, 9.17) is 16.0 Å². The molecule has 0 N–H and O–H groups in total. The van der Waals surface area contributed by atoms with Crippen LogP contribution in [0.5, 0.6) is 0 Å². The number of halogens is 1. The molecule has 6 aromatic rings. The first-order valence-corrected chi connectivity index (χ1v) is 11.8. The zero-order valence-electron chi connectivity index (χ0n) is 19.4. The average Bonchev–Trinajstić information content (AvgIpc) is 3.49. The van der Waals surface area contributed by atoms with E-state index >= 15 is 0 Å². The van der Waals surface area contributed by atoms with Crippen LogP contribution in [-0.4, -0.2) is 31.4 Å². The summed E-state index contributed by atoms with van der Waals surface area (Å²) in [5, 5.41) is 7.05. The molecule has 0 aliphatic rings. The maximum absolute atomic E-state index is 12.0. The molecule has 0 fully saturated rings. The van der Waals surface area contributed by atoms with E-state index in [0.717, 1.165) is 21.9 Å². The van der Waals surface area contributed by atoms with Crippen molar-refractivity contribution in [3.8, 4) is 0 Å². The summed E-state index contributed by atoms with van der Waals surface area (Å²) in [5.74, 6) is 1.34. The Labute approximate surface area is 211 Å². The van der Waals surface area contributed by atoms with Gasteiger partial charge in [-0.1, -0.05) is 41.9 Å². The minimum Gasteiger partial charge on any atom is -0.440 e. The second-order valence-electron chi connectivity index (χ2n) is 8.57. The maximum Gasteiger partial charge on any atom is 0.250 e. The van der Waals surface area contributed by atoms with Crippen molar-refractivity contribution >= 4 is 45.3 Å². The van der Waals surface area contributed by atoms with Gasteiger partial charge in [0.15, 0.2) is 5.65 Å². The normalized spacial score (nSPS) is 11.4. The third-order valence-electron chi connectivity index (χ3n) is 6.08. The van der Waals surface area contributed by atoms with Crippen LogP contribution in [0.15, 0.2) is 94.7 Å². The summed E-state index contributed by atoms with van der Waals surface area (Å²) >= 11 is 6.10. The molecule has 0 aliphatic heterocycles. The second-order valence-corrected chi connectivity index (χ2v) is 9.01. The van der Waals surface area contributed by atoms with Gasteiger partial charge < -0.3 is 8.98 Å². The number of rotatable bonds is 6. The molecule has 9 heteroatoms. The van der Waals surface area contributed by atoms with Gasteiger partial charge in [0, 0.05) is 48.0 Å². The molecule has 0 amide bonds. The first kappa shape index (κ1) is 22.1. The zero-order valence-corrected chi connectivity index (χ0v) is 20.1. The smallest absolute Gasteiger partial charge is 0.250 e. The number of furan rings is 1. The van der Waals surface area contributed by atoms with E-state index in [1.807, 2.05) is 71.4 Å². The molecule has 0 unspecified atom stereocenters. The molecule has 0 saturated carbocycles. The molecule has 6 rings (SSSR count). The largest absolute Gasteiger partial charge is 0.440 e. The summed E-state index contributed by atoms with van der Waals surface area (Å²) in [6, 6.07) is 20.8. The van der Waals surface area contributed by atoms with Crippen LogP contribution < -0.4 is 10.5 Å². The molecular weight excluding hydrogens is 476 g/mol. The Kier molecular flexibility index (Phi) is 5.50. The van der Waals surface area contributed by atoms with Crippen molar-refractivity contribution in [2.24, 2.45) is 0 Å². The molecule has 0 radical (unpaired) electrons. The first-order chi connectivity index (χ1) is 17.5. The molecule has 4 heterocycles. The lowest BCUT2D eigenvalue weighted by Gasteiger charge is -2.14. The topological polar surface area (TPSA) is 82.0 Å². The molecule has 4 aromatic heterocycles. The van der Waals surface area contributed by atoms with E-state index in [-0.39, 0.29) is 5.56 Å². The summed E-state index contributed by atoms with van der Waals surface area (Å²) in [7, 11) is 1.90. The van der Waals surface area contributed by atoms with Crippen LogP contribution in [0.3, 0.4) is 0 Å². The first-order valence-electron chi connectivity index (χ1n) is 11.4.